The summed E-state index contributed by atoms with van der Waals surface area (Å²) in [5.74, 6) is -3.24. The van der Waals surface area contributed by atoms with Crippen molar-refractivity contribution in [3.8, 4) is 0 Å². The quantitative estimate of drug-likeness (QED) is 0.572. The van der Waals surface area contributed by atoms with Crippen LogP contribution in [0.5, 0.6) is 0 Å². The fourth-order valence-electron chi connectivity index (χ4n) is 2.43. The lowest BCUT2D eigenvalue weighted by Crippen LogP contribution is -2.47. The normalized spacial score (nSPS) is 20.2. The van der Waals surface area contributed by atoms with Gasteiger partial charge in [-0.3, -0.25) is 25.2 Å². The van der Waals surface area contributed by atoms with Crippen molar-refractivity contribution < 1.29 is 19.5 Å². The minimum absolute atomic E-state index is 0.147. The second-order valence-corrected chi connectivity index (χ2v) is 5.19. The first-order valence-electron chi connectivity index (χ1n) is 7.08. The molecule has 0 aliphatic heterocycles. The molecule has 0 heterocycles. The van der Waals surface area contributed by atoms with Gasteiger partial charge in [0.15, 0.2) is 0 Å². The van der Waals surface area contributed by atoms with Gasteiger partial charge in [-0.05, 0) is 18.4 Å². The van der Waals surface area contributed by atoms with Gasteiger partial charge in [-0.25, -0.2) is 0 Å². The summed E-state index contributed by atoms with van der Waals surface area (Å²) in [7, 11) is 0. The molecule has 22 heavy (non-hydrogen) atoms. The summed E-state index contributed by atoms with van der Waals surface area (Å²) in [6.07, 6.45) is 4.38. The summed E-state index contributed by atoms with van der Waals surface area (Å²) in [5.41, 5.74) is 5.49. The number of carbonyl (C=O) groups excluding carboxylic acids is 2. The highest BCUT2D eigenvalue weighted by Crippen LogP contribution is 2.25. The fourth-order valence-corrected chi connectivity index (χ4v) is 2.43. The molecule has 0 spiro atoms. The lowest BCUT2D eigenvalue weighted by molar-refractivity contribution is -0.147. The Morgan fingerprint density at radius 1 is 1.00 bits per heavy atom. The van der Waals surface area contributed by atoms with E-state index in [2.05, 4.69) is 10.9 Å². The molecule has 0 aromatic heterocycles. The smallest absolute Gasteiger partial charge is 0.307 e. The van der Waals surface area contributed by atoms with Crippen LogP contribution in [0.2, 0.25) is 0 Å². The Morgan fingerprint density at radius 3 is 2.27 bits per heavy atom. The van der Waals surface area contributed by atoms with Gasteiger partial charge in [0.2, 0.25) is 11.8 Å². The first-order chi connectivity index (χ1) is 10.6. The van der Waals surface area contributed by atoms with E-state index in [4.69, 9.17) is 5.11 Å². The molecule has 0 saturated carbocycles. The largest absolute Gasteiger partial charge is 0.481 e. The maximum Gasteiger partial charge on any atom is 0.307 e. The van der Waals surface area contributed by atoms with E-state index in [1.807, 2.05) is 30.3 Å². The number of hydrazine groups is 1. The van der Waals surface area contributed by atoms with Gasteiger partial charge < -0.3 is 5.11 Å². The summed E-state index contributed by atoms with van der Waals surface area (Å²) in [5, 5.41) is 9.13. The highest BCUT2D eigenvalue weighted by molar-refractivity contribution is 5.87. The highest BCUT2D eigenvalue weighted by Gasteiger charge is 2.34. The number of nitrogens with one attached hydrogen (secondary N) is 2. The third-order valence-corrected chi connectivity index (χ3v) is 3.62. The zero-order chi connectivity index (χ0) is 15.9. The molecule has 6 nitrogen and oxygen atoms in total. The molecule has 2 amide bonds. The Bertz CT molecular complexity index is 583. The van der Waals surface area contributed by atoms with Gasteiger partial charge >= 0.3 is 5.97 Å². The molecule has 0 unspecified atom stereocenters. The first kappa shape index (κ1) is 15.8. The van der Waals surface area contributed by atoms with Crippen molar-refractivity contribution in [1.82, 2.24) is 10.9 Å². The minimum Gasteiger partial charge on any atom is -0.481 e. The number of amides is 2. The average Bonchev–Trinajstić information content (AvgIpc) is 2.53. The maximum atomic E-state index is 12.0. The zero-order valence-corrected chi connectivity index (χ0v) is 12.0. The fraction of sp³-hybridized carbons (Fsp3) is 0.312. The van der Waals surface area contributed by atoms with E-state index < -0.39 is 23.7 Å². The molecule has 0 fully saturated rings. The summed E-state index contributed by atoms with van der Waals surface area (Å²) >= 11 is 0. The number of carboxylic acids is 1. The van der Waals surface area contributed by atoms with E-state index in [-0.39, 0.29) is 12.3 Å². The molecule has 1 aromatic rings. The standard InChI is InChI=1S/C16H18N2O4/c19-14(10-11-6-2-1-3-7-11)17-18-15(20)12-8-4-5-9-13(12)16(21)22/h1-7,12-13H,8-10H2,(H,17,19)(H,18,20)(H,21,22)/t12-,13-/m0/s1. The number of carboxylic acid groups (broad SMARTS) is 1. The molecular weight excluding hydrogens is 284 g/mol. The van der Waals surface area contributed by atoms with Gasteiger partial charge in [-0.15, -0.1) is 0 Å². The number of benzene rings is 1. The predicted molar refractivity (Wildman–Crippen MR) is 79.4 cm³/mol. The van der Waals surface area contributed by atoms with Crippen LogP contribution >= 0.6 is 0 Å². The Hall–Kier alpha value is -2.63. The van der Waals surface area contributed by atoms with E-state index >= 15 is 0 Å². The summed E-state index contributed by atoms with van der Waals surface area (Å²) in [6, 6.07) is 9.13. The molecule has 0 bridgehead atoms. The molecule has 6 heteroatoms. The molecule has 116 valence electrons. The van der Waals surface area contributed by atoms with Gasteiger partial charge in [0.05, 0.1) is 18.3 Å². The van der Waals surface area contributed by atoms with E-state index in [0.29, 0.717) is 12.8 Å². The van der Waals surface area contributed by atoms with Gasteiger partial charge in [0, 0.05) is 0 Å². The number of aliphatic carboxylic acids is 1. The van der Waals surface area contributed by atoms with Crippen molar-refractivity contribution in [2.45, 2.75) is 19.3 Å². The van der Waals surface area contributed by atoms with E-state index in [1.54, 1.807) is 12.2 Å². The van der Waals surface area contributed by atoms with Crippen molar-refractivity contribution >= 4 is 17.8 Å². The van der Waals surface area contributed by atoms with Crippen LogP contribution in [0.1, 0.15) is 18.4 Å². The SMILES string of the molecule is O=C(Cc1ccccc1)NNC(=O)[C@H]1CC=CC[C@@H]1C(=O)O. The van der Waals surface area contributed by atoms with Crippen LogP contribution in [-0.4, -0.2) is 22.9 Å². The number of carbonyl (C=O) groups is 3. The second-order valence-electron chi connectivity index (χ2n) is 5.19. The minimum atomic E-state index is -1.000. The van der Waals surface area contributed by atoms with Crippen molar-refractivity contribution in [3.63, 3.8) is 0 Å². The number of hydrogen-bond acceptors (Lipinski definition) is 3. The Morgan fingerprint density at radius 2 is 1.64 bits per heavy atom. The molecule has 2 rings (SSSR count). The van der Waals surface area contributed by atoms with E-state index in [9.17, 15) is 14.4 Å². The highest BCUT2D eigenvalue weighted by atomic mass is 16.4. The van der Waals surface area contributed by atoms with Crippen LogP contribution in [0.15, 0.2) is 42.5 Å². The van der Waals surface area contributed by atoms with Crippen molar-refractivity contribution in [2.75, 3.05) is 0 Å². The summed E-state index contributed by atoms with van der Waals surface area (Å²) < 4.78 is 0. The lowest BCUT2D eigenvalue weighted by Gasteiger charge is -2.24. The maximum absolute atomic E-state index is 12.0. The van der Waals surface area contributed by atoms with E-state index in [0.717, 1.165) is 5.56 Å². The van der Waals surface area contributed by atoms with Crippen LogP contribution in [0.25, 0.3) is 0 Å². The van der Waals surface area contributed by atoms with Crippen molar-refractivity contribution in [3.05, 3.63) is 48.0 Å². The van der Waals surface area contributed by atoms with Gasteiger partial charge in [0.1, 0.15) is 0 Å². The van der Waals surface area contributed by atoms with E-state index in [1.165, 1.54) is 0 Å². The summed E-state index contributed by atoms with van der Waals surface area (Å²) in [4.78, 5) is 35.0. The molecule has 0 radical (unpaired) electrons. The molecule has 0 saturated heterocycles. The molecule has 1 aliphatic carbocycles. The molecular formula is C16H18N2O4. The van der Waals surface area contributed by atoms with Crippen molar-refractivity contribution in [1.29, 1.82) is 0 Å². The van der Waals surface area contributed by atoms with Crippen LogP contribution in [0.4, 0.5) is 0 Å². The number of hydrogen-bond donors (Lipinski definition) is 3. The van der Waals surface area contributed by atoms with Crippen LogP contribution < -0.4 is 10.9 Å². The third kappa shape index (κ3) is 4.18. The Balaban J connectivity index is 1.85. The number of rotatable bonds is 4. The van der Waals surface area contributed by atoms with Crippen LogP contribution in [0.3, 0.4) is 0 Å². The Labute approximate surface area is 128 Å². The molecule has 2 atom stereocenters. The predicted octanol–water partition coefficient (Wildman–Crippen LogP) is 1.04. The average molecular weight is 302 g/mol. The lowest BCUT2D eigenvalue weighted by atomic mass is 9.82. The Kier molecular flexibility index (Phi) is 5.30. The molecule has 3 N–H and O–H groups in total. The zero-order valence-electron chi connectivity index (χ0n) is 12.0. The third-order valence-electron chi connectivity index (χ3n) is 3.62. The van der Waals surface area contributed by atoms with Crippen LogP contribution in [0, 0.1) is 11.8 Å². The second kappa shape index (κ2) is 7.40. The van der Waals surface area contributed by atoms with Gasteiger partial charge in [0.25, 0.3) is 0 Å². The molecule has 1 aromatic carbocycles. The van der Waals surface area contributed by atoms with Crippen molar-refractivity contribution in [2.24, 2.45) is 11.8 Å². The van der Waals surface area contributed by atoms with Gasteiger partial charge in [-0.2, -0.15) is 0 Å². The van der Waals surface area contributed by atoms with Crippen LogP contribution in [-0.2, 0) is 20.8 Å². The number of allylic oxidation sites excluding steroid dienone is 2. The van der Waals surface area contributed by atoms with Gasteiger partial charge in [-0.1, -0.05) is 42.5 Å². The summed E-state index contributed by atoms with van der Waals surface area (Å²) in [6.45, 7) is 0. The topological polar surface area (TPSA) is 95.5 Å². The molecule has 1 aliphatic rings. The first-order valence-corrected chi connectivity index (χ1v) is 7.08. The monoisotopic (exact) mass is 302 g/mol.